The molecule has 0 aliphatic carbocycles. The highest BCUT2D eigenvalue weighted by atomic mass is 35.7. The molecule has 124 valence electrons. The lowest BCUT2D eigenvalue weighted by Gasteiger charge is -2.14. The Balaban J connectivity index is 2.22. The second-order valence-electron chi connectivity index (χ2n) is 4.18. The predicted molar refractivity (Wildman–Crippen MR) is 71.6 cm³/mol. The van der Waals surface area contributed by atoms with Crippen molar-refractivity contribution in [1.29, 1.82) is 0 Å². The van der Waals surface area contributed by atoms with Crippen LogP contribution >= 0.6 is 18.2 Å². The van der Waals surface area contributed by atoms with Crippen LogP contribution in [-0.4, -0.2) is 0 Å². The molecule has 0 amide bonds. The summed E-state index contributed by atoms with van der Waals surface area (Å²) in [5.41, 5.74) is 0.495. The van der Waals surface area contributed by atoms with Crippen LogP contribution in [0.2, 0.25) is 0 Å². The average molecular weight is 373 g/mol. The predicted octanol–water partition coefficient (Wildman–Crippen LogP) is 5.32. The highest BCUT2D eigenvalue weighted by Gasteiger charge is 2.33. The average Bonchev–Trinajstić information content (AvgIpc) is 2.54. The molecule has 3 nitrogen and oxygen atoms in total. The van der Waals surface area contributed by atoms with Gasteiger partial charge in [0.15, 0.2) is 0 Å². The third-order valence-electron chi connectivity index (χ3n) is 2.60. The quantitative estimate of drug-likeness (QED) is 0.308. The van der Waals surface area contributed by atoms with Gasteiger partial charge in [0.2, 0.25) is 34.8 Å². The monoisotopic (exact) mass is 372 g/mol. The third-order valence-corrected chi connectivity index (χ3v) is 3.94. The molecule has 1 unspecified atom stereocenters. The Morgan fingerprint density at radius 2 is 1.35 bits per heavy atom. The Labute approximate surface area is 131 Å². The summed E-state index contributed by atoms with van der Waals surface area (Å²) in [4.78, 5) is 0. The van der Waals surface area contributed by atoms with E-state index in [0.717, 1.165) is 0 Å². The molecule has 10 heteroatoms. The molecule has 0 heterocycles. The van der Waals surface area contributed by atoms with Gasteiger partial charge in [-0.3, -0.25) is 4.52 Å². The van der Waals surface area contributed by atoms with Crippen LogP contribution in [0, 0.1) is 29.1 Å². The van der Waals surface area contributed by atoms with Crippen LogP contribution in [-0.2, 0) is 15.7 Å². The fraction of sp³-hybridized carbons (Fsp3) is 0.0769. The summed E-state index contributed by atoms with van der Waals surface area (Å²) >= 11 is 5.35. The topological polar surface area (TPSA) is 35.5 Å². The van der Waals surface area contributed by atoms with Gasteiger partial charge in [0.25, 0.3) is 0 Å². The Hall–Kier alpha value is -1.63. The third kappa shape index (κ3) is 4.02. The summed E-state index contributed by atoms with van der Waals surface area (Å²) in [7, 11) is 0. The van der Waals surface area contributed by atoms with Crippen molar-refractivity contribution >= 4 is 18.2 Å². The molecule has 2 rings (SSSR count). The molecule has 2 aromatic rings. The zero-order valence-corrected chi connectivity index (χ0v) is 12.7. The second-order valence-corrected chi connectivity index (χ2v) is 6.72. The van der Waals surface area contributed by atoms with Crippen molar-refractivity contribution in [3.63, 3.8) is 0 Å². The van der Waals surface area contributed by atoms with E-state index in [1.165, 1.54) is 0 Å². The van der Waals surface area contributed by atoms with Crippen LogP contribution in [0.15, 0.2) is 30.3 Å². The molecule has 0 saturated heterocycles. The van der Waals surface area contributed by atoms with E-state index in [9.17, 15) is 26.5 Å². The van der Waals surface area contributed by atoms with Gasteiger partial charge >= 0.3 is 6.95 Å². The van der Waals surface area contributed by atoms with Crippen LogP contribution in [0.1, 0.15) is 5.56 Å². The summed E-state index contributed by atoms with van der Waals surface area (Å²) < 4.78 is 86.4. The molecule has 0 aromatic heterocycles. The minimum Gasteiger partial charge on any atom is -0.407 e. The van der Waals surface area contributed by atoms with Crippen LogP contribution in [0.25, 0.3) is 0 Å². The fourth-order valence-electron chi connectivity index (χ4n) is 1.53. The molecule has 0 N–H and O–H groups in total. The standard InChI is InChI=1S/C13H7ClF5O3P/c14-23(20,21-6-7-4-2-1-3-5-7)22-13-11(18)9(16)8(15)10(17)12(13)19/h1-5H,6H2. The number of rotatable bonds is 5. The van der Waals surface area contributed by atoms with Gasteiger partial charge in [-0.2, -0.15) is 8.78 Å². The van der Waals surface area contributed by atoms with E-state index in [-0.39, 0.29) is 6.61 Å². The molecule has 0 saturated carbocycles. The molecule has 0 radical (unpaired) electrons. The maximum absolute atomic E-state index is 13.4. The van der Waals surface area contributed by atoms with Gasteiger partial charge in [-0.05, 0) is 5.56 Å². The SMILES string of the molecule is O=P(Cl)(OCc1ccccc1)Oc1c(F)c(F)c(F)c(F)c1F. The first kappa shape index (κ1) is 17.7. The van der Waals surface area contributed by atoms with Gasteiger partial charge in [-0.25, -0.2) is 17.7 Å². The van der Waals surface area contributed by atoms with Crippen molar-refractivity contribution in [3.8, 4) is 5.75 Å². The summed E-state index contributed by atoms with van der Waals surface area (Å²) in [5, 5.41) is 0. The van der Waals surface area contributed by atoms with Crippen molar-refractivity contribution < 1.29 is 35.6 Å². The molecular weight excluding hydrogens is 366 g/mol. The Morgan fingerprint density at radius 1 is 0.870 bits per heavy atom. The molecular formula is C13H7ClF5O3P. The number of hydrogen-bond donors (Lipinski definition) is 0. The first-order valence-corrected chi connectivity index (χ1v) is 8.37. The lowest BCUT2D eigenvalue weighted by Crippen LogP contribution is -2.05. The van der Waals surface area contributed by atoms with Gasteiger partial charge in [0.05, 0.1) is 6.61 Å². The van der Waals surface area contributed by atoms with Crippen molar-refractivity contribution in [1.82, 2.24) is 0 Å². The molecule has 2 aromatic carbocycles. The van der Waals surface area contributed by atoms with E-state index in [4.69, 9.17) is 11.2 Å². The number of benzene rings is 2. The van der Waals surface area contributed by atoms with Crippen LogP contribution in [0.4, 0.5) is 22.0 Å². The summed E-state index contributed by atoms with van der Waals surface area (Å²) in [6.07, 6.45) is 0. The lowest BCUT2D eigenvalue weighted by molar-refractivity contribution is 0.258. The zero-order chi connectivity index (χ0) is 17.2. The highest BCUT2D eigenvalue weighted by Crippen LogP contribution is 2.55. The normalized spacial score (nSPS) is 13.7. The second kappa shape index (κ2) is 6.86. The van der Waals surface area contributed by atoms with Gasteiger partial charge < -0.3 is 4.52 Å². The van der Waals surface area contributed by atoms with Crippen LogP contribution < -0.4 is 4.52 Å². The Morgan fingerprint density at radius 3 is 1.87 bits per heavy atom. The van der Waals surface area contributed by atoms with E-state index < -0.39 is 41.8 Å². The van der Waals surface area contributed by atoms with Crippen LogP contribution in [0.3, 0.4) is 0 Å². The molecule has 23 heavy (non-hydrogen) atoms. The van der Waals surface area contributed by atoms with E-state index in [1.54, 1.807) is 30.3 Å². The maximum atomic E-state index is 13.4. The molecule has 0 aliphatic rings. The van der Waals surface area contributed by atoms with Gasteiger partial charge in [0.1, 0.15) is 0 Å². The maximum Gasteiger partial charge on any atom is 0.477 e. The number of halogens is 6. The van der Waals surface area contributed by atoms with Crippen molar-refractivity contribution in [2.24, 2.45) is 0 Å². The zero-order valence-electron chi connectivity index (χ0n) is 11.0. The fourth-order valence-corrected chi connectivity index (χ4v) is 2.61. The summed E-state index contributed by atoms with van der Waals surface area (Å²) in [5.74, 6) is -13.2. The molecule has 0 bridgehead atoms. The smallest absolute Gasteiger partial charge is 0.407 e. The Bertz CT molecular complexity index is 743. The summed E-state index contributed by atoms with van der Waals surface area (Å²) in [6, 6.07) is 8.07. The molecule has 0 aliphatic heterocycles. The van der Waals surface area contributed by atoms with E-state index in [1.807, 2.05) is 0 Å². The highest BCUT2D eigenvalue weighted by molar-refractivity contribution is 7.81. The van der Waals surface area contributed by atoms with Crippen LogP contribution in [0.5, 0.6) is 5.75 Å². The molecule has 1 atom stereocenters. The Kier molecular flexibility index (Phi) is 5.29. The number of hydrogen-bond acceptors (Lipinski definition) is 3. The minimum absolute atomic E-state index is 0.364. The van der Waals surface area contributed by atoms with Crippen molar-refractivity contribution in [3.05, 3.63) is 65.0 Å². The molecule has 0 spiro atoms. The van der Waals surface area contributed by atoms with Crippen molar-refractivity contribution in [2.45, 2.75) is 6.61 Å². The van der Waals surface area contributed by atoms with Gasteiger partial charge in [-0.1, -0.05) is 30.3 Å². The van der Waals surface area contributed by atoms with Gasteiger partial charge in [0, 0.05) is 11.2 Å². The van der Waals surface area contributed by atoms with Crippen molar-refractivity contribution in [2.75, 3.05) is 0 Å². The molecule has 0 fully saturated rings. The first-order valence-electron chi connectivity index (χ1n) is 5.92. The lowest BCUT2D eigenvalue weighted by atomic mass is 10.2. The largest absolute Gasteiger partial charge is 0.477 e. The van der Waals surface area contributed by atoms with E-state index in [2.05, 4.69) is 9.05 Å². The van der Waals surface area contributed by atoms with Gasteiger partial charge in [-0.15, -0.1) is 0 Å². The first-order chi connectivity index (χ1) is 10.7. The van der Waals surface area contributed by atoms with E-state index in [0.29, 0.717) is 5.56 Å². The minimum atomic E-state index is -4.65. The summed E-state index contributed by atoms with van der Waals surface area (Å²) in [6.45, 7) is -5.02. The van der Waals surface area contributed by atoms with E-state index >= 15 is 0 Å².